The van der Waals surface area contributed by atoms with Crippen LogP contribution in [0.15, 0.2) is 12.1 Å². The molecule has 2 unspecified atom stereocenters. The molecule has 0 amide bonds. The summed E-state index contributed by atoms with van der Waals surface area (Å²) in [6.45, 7) is 4.96. The highest BCUT2D eigenvalue weighted by molar-refractivity contribution is 6.36. The Kier molecular flexibility index (Phi) is 5.30. The van der Waals surface area contributed by atoms with Crippen molar-refractivity contribution >= 4 is 23.2 Å². The van der Waals surface area contributed by atoms with Crippen LogP contribution >= 0.6 is 23.2 Å². The van der Waals surface area contributed by atoms with Gasteiger partial charge in [0.25, 0.3) is 0 Å². The molecule has 1 saturated carbocycles. The van der Waals surface area contributed by atoms with Crippen molar-refractivity contribution in [2.45, 2.75) is 44.8 Å². The maximum Gasteiger partial charge on any atom is 0.142 e. The van der Waals surface area contributed by atoms with Gasteiger partial charge in [0, 0.05) is 35.3 Å². The predicted octanol–water partition coefficient (Wildman–Crippen LogP) is 4.27. The van der Waals surface area contributed by atoms with E-state index in [1.54, 1.807) is 6.07 Å². The first-order chi connectivity index (χ1) is 9.41. The molecule has 5 heteroatoms. The van der Waals surface area contributed by atoms with Gasteiger partial charge in [-0.15, -0.1) is 0 Å². The Balaban J connectivity index is 1.98. The van der Waals surface area contributed by atoms with Crippen molar-refractivity contribution in [1.82, 2.24) is 10.2 Å². The van der Waals surface area contributed by atoms with Crippen LogP contribution in [-0.2, 0) is 0 Å². The number of nitrogens with zero attached hydrogens (tertiary/aromatic N) is 1. The zero-order chi connectivity index (χ0) is 14.9. The molecule has 0 bridgehead atoms. The Bertz CT molecular complexity index is 477. The Morgan fingerprint density at radius 1 is 1.35 bits per heavy atom. The average molecular weight is 319 g/mol. The number of benzene rings is 1. The minimum absolute atomic E-state index is 0.0826. The highest BCUT2D eigenvalue weighted by atomic mass is 35.5. The molecule has 0 saturated heterocycles. The highest BCUT2D eigenvalue weighted by Gasteiger charge is 2.29. The molecule has 0 spiro atoms. The molecule has 112 valence electrons. The topological polar surface area (TPSA) is 15.3 Å². The second-order valence-electron chi connectivity index (χ2n) is 5.63. The molecule has 0 aliphatic heterocycles. The monoisotopic (exact) mass is 318 g/mol. The van der Waals surface area contributed by atoms with Gasteiger partial charge < -0.3 is 5.32 Å². The second-order valence-corrected chi connectivity index (χ2v) is 6.42. The van der Waals surface area contributed by atoms with E-state index in [-0.39, 0.29) is 11.1 Å². The van der Waals surface area contributed by atoms with E-state index in [4.69, 9.17) is 23.2 Å². The molecular weight excluding hydrogens is 298 g/mol. The summed E-state index contributed by atoms with van der Waals surface area (Å²) in [7, 11) is 2.15. The quantitative estimate of drug-likeness (QED) is 0.788. The number of hydrogen-bond donors (Lipinski definition) is 1. The summed E-state index contributed by atoms with van der Waals surface area (Å²) in [4.78, 5) is 2.38. The predicted molar refractivity (Wildman–Crippen MR) is 83.1 cm³/mol. The molecular formula is C15H21Cl2FN2. The van der Waals surface area contributed by atoms with Crippen LogP contribution < -0.4 is 5.32 Å². The third-order valence-corrected chi connectivity index (χ3v) is 4.76. The van der Waals surface area contributed by atoms with Crippen molar-refractivity contribution < 1.29 is 4.39 Å². The van der Waals surface area contributed by atoms with Crippen LogP contribution in [0.1, 0.15) is 38.3 Å². The zero-order valence-corrected chi connectivity index (χ0v) is 13.6. The van der Waals surface area contributed by atoms with E-state index in [0.29, 0.717) is 16.6 Å². The lowest BCUT2D eigenvalue weighted by atomic mass is 10.1. The molecule has 1 aliphatic rings. The zero-order valence-electron chi connectivity index (χ0n) is 12.1. The Labute approximate surface area is 130 Å². The van der Waals surface area contributed by atoms with Gasteiger partial charge in [0.1, 0.15) is 5.82 Å². The summed E-state index contributed by atoms with van der Waals surface area (Å²) in [5, 5.41) is 4.01. The molecule has 1 fully saturated rings. The SMILES string of the molecule is CC(NCC(C)N(C)C1CC1)c1c(Cl)ccc(F)c1Cl. The summed E-state index contributed by atoms with van der Waals surface area (Å²) in [6.07, 6.45) is 2.58. The number of hydrogen-bond acceptors (Lipinski definition) is 2. The van der Waals surface area contributed by atoms with Crippen LogP contribution in [0.4, 0.5) is 4.39 Å². The van der Waals surface area contributed by atoms with Crippen LogP contribution in [-0.4, -0.2) is 30.6 Å². The van der Waals surface area contributed by atoms with Gasteiger partial charge in [0.05, 0.1) is 5.02 Å². The Morgan fingerprint density at radius 2 is 2.00 bits per heavy atom. The summed E-state index contributed by atoms with van der Waals surface area (Å²) < 4.78 is 13.5. The smallest absolute Gasteiger partial charge is 0.142 e. The van der Waals surface area contributed by atoms with Gasteiger partial charge in [-0.2, -0.15) is 0 Å². The molecule has 0 radical (unpaired) electrons. The van der Waals surface area contributed by atoms with Gasteiger partial charge in [0.15, 0.2) is 0 Å². The summed E-state index contributed by atoms with van der Waals surface area (Å²) in [5.41, 5.74) is 0.634. The van der Waals surface area contributed by atoms with Gasteiger partial charge in [-0.3, -0.25) is 4.90 Å². The summed E-state index contributed by atoms with van der Waals surface area (Å²) in [5.74, 6) is -0.428. The van der Waals surface area contributed by atoms with Crippen LogP contribution in [0.5, 0.6) is 0 Å². The summed E-state index contributed by atoms with van der Waals surface area (Å²) >= 11 is 12.2. The average Bonchev–Trinajstić information content (AvgIpc) is 3.24. The van der Waals surface area contributed by atoms with Gasteiger partial charge in [-0.1, -0.05) is 23.2 Å². The fraction of sp³-hybridized carbons (Fsp3) is 0.600. The minimum atomic E-state index is -0.428. The molecule has 2 nitrogen and oxygen atoms in total. The van der Waals surface area contributed by atoms with Crippen molar-refractivity contribution in [3.8, 4) is 0 Å². The van der Waals surface area contributed by atoms with Gasteiger partial charge in [0.2, 0.25) is 0 Å². The fourth-order valence-electron chi connectivity index (χ4n) is 2.37. The third-order valence-electron chi connectivity index (χ3n) is 4.05. The number of rotatable bonds is 6. The van der Waals surface area contributed by atoms with Gasteiger partial charge in [-0.25, -0.2) is 4.39 Å². The summed E-state index contributed by atoms with van der Waals surface area (Å²) in [6, 6.07) is 3.92. The fourth-order valence-corrected chi connectivity index (χ4v) is 3.07. The first-order valence-corrected chi connectivity index (χ1v) is 7.76. The van der Waals surface area contributed by atoms with E-state index >= 15 is 0 Å². The van der Waals surface area contributed by atoms with Crippen molar-refractivity contribution in [3.05, 3.63) is 33.6 Å². The van der Waals surface area contributed by atoms with Crippen LogP contribution in [0.3, 0.4) is 0 Å². The molecule has 1 aliphatic carbocycles. The van der Waals surface area contributed by atoms with Crippen molar-refractivity contribution in [3.63, 3.8) is 0 Å². The lowest BCUT2D eigenvalue weighted by molar-refractivity contribution is 0.237. The lowest BCUT2D eigenvalue weighted by Gasteiger charge is -2.27. The van der Waals surface area contributed by atoms with Crippen molar-refractivity contribution in [1.29, 1.82) is 0 Å². The third kappa shape index (κ3) is 3.64. The maximum absolute atomic E-state index is 13.5. The van der Waals surface area contributed by atoms with Gasteiger partial charge in [-0.05, 0) is 45.9 Å². The Morgan fingerprint density at radius 3 is 2.60 bits per heavy atom. The molecule has 1 N–H and O–H groups in total. The first-order valence-electron chi connectivity index (χ1n) is 7.00. The molecule has 2 rings (SSSR count). The van der Waals surface area contributed by atoms with Crippen LogP contribution in [0.2, 0.25) is 10.0 Å². The highest BCUT2D eigenvalue weighted by Crippen LogP contribution is 2.32. The van der Waals surface area contributed by atoms with Crippen LogP contribution in [0, 0.1) is 5.82 Å². The molecule has 20 heavy (non-hydrogen) atoms. The van der Waals surface area contributed by atoms with Crippen LogP contribution in [0.25, 0.3) is 0 Å². The van der Waals surface area contributed by atoms with E-state index in [1.165, 1.54) is 18.9 Å². The normalized spacial score (nSPS) is 18.4. The standard InChI is InChI=1S/C15H21Cl2FN2/c1-9(20(3)11-4-5-11)8-19-10(2)14-12(16)6-7-13(18)15(14)17/h6-7,9-11,19H,4-5,8H2,1-3H3. The maximum atomic E-state index is 13.5. The van der Waals surface area contributed by atoms with E-state index in [0.717, 1.165) is 12.6 Å². The Hall–Kier alpha value is -0.350. The van der Waals surface area contributed by atoms with E-state index in [1.807, 2.05) is 6.92 Å². The number of halogens is 3. The van der Waals surface area contributed by atoms with E-state index in [2.05, 4.69) is 24.2 Å². The molecule has 1 aromatic carbocycles. The molecule has 1 aromatic rings. The van der Waals surface area contributed by atoms with Crippen molar-refractivity contribution in [2.24, 2.45) is 0 Å². The molecule has 0 heterocycles. The molecule has 2 atom stereocenters. The molecule has 0 aromatic heterocycles. The van der Waals surface area contributed by atoms with Crippen molar-refractivity contribution in [2.75, 3.05) is 13.6 Å². The van der Waals surface area contributed by atoms with E-state index in [9.17, 15) is 4.39 Å². The minimum Gasteiger partial charge on any atom is -0.309 e. The number of likely N-dealkylation sites (N-methyl/N-ethyl adjacent to an activating group) is 1. The van der Waals surface area contributed by atoms with E-state index < -0.39 is 5.82 Å². The lowest BCUT2D eigenvalue weighted by Crippen LogP contribution is -2.40. The second kappa shape index (κ2) is 6.61. The van der Waals surface area contributed by atoms with Gasteiger partial charge >= 0.3 is 0 Å². The first kappa shape index (κ1) is 16.0. The largest absolute Gasteiger partial charge is 0.309 e. The number of nitrogens with one attached hydrogen (secondary N) is 1.